The molecule has 1 fully saturated rings. The van der Waals surface area contributed by atoms with Gasteiger partial charge in [0.05, 0.1) is 23.1 Å². The third kappa shape index (κ3) is 5.62. The van der Waals surface area contributed by atoms with E-state index in [4.69, 9.17) is 26.9 Å². The van der Waals surface area contributed by atoms with Crippen molar-refractivity contribution in [2.45, 2.75) is 0 Å². The van der Waals surface area contributed by atoms with E-state index >= 15 is 0 Å². The number of nitrogens with zero attached hydrogens (tertiary/aromatic N) is 5. The van der Waals surface area contributed by atoms with Gasteiger partial charge in [-0.25, -0.2) is 0 Å². The topological polar surface area (TPSA) is 146 Å². The van der Waals surface area contributed by atoms with Crippen molar-refractivity contribution < 1.29 is 14.6 Å². The van der Waals surface area contributed by atoms with Crippen LogP contribution in [0.1, 0.15) is 11.1 Å². The molecule has 1 aliphatic rings. The Morgan fingerprint density at radius 3 is 1.97 bits per heavy atom. The normalized spacial score (nSPS) is 12.7. The molecule has 0 radical (unpaired) electrons. The predicted octanol–water partition coefficient (Wildman–Crippen LogP) is 3.42. The molecule has 1 heterocycles. The van der Waals surface area contributed by atoms with Gasteiger partial charge in [-0.3, -0.25) is 20.2 Å². The second-order valence-corrected chi connectivity index (χ2v) is 6.14. The monoisotopic (exact) mass is 415 g/mol. The molecule has 2 aromatic rings. The molecule has 1 aliphatic heterocycles. The van der Waals surface area contributed by atoms with Crippen molar-refractivity contribution in [2.24, 2.45) is 0 Å². The summed E-state index contributed by atoms with van der Waals surface area (Å²) in [5, 5.41) is 38.6. The van der Waals surface area contributed by atoms with E-state index in [0.29, 0.717) is 26.3 Å². The van der Waals surface area contributed by atoms with E-state index in [1.54, 1.807) is 12.1 Å². The smallest absolute Gasteiger partial charge is 0.289 e. The molecule has 10 nitrogen and oxygen atoms in total. The number of hydrogen-bond acceptors (Lipinski definition) is 8. The molecule has 0 aliphatic carbocycles. The van der Waals surface area contributed by atoms with Gasteiger partial charge >= 0.3 is 0 Å². The van der Waals surface area contributed by atoms with Gasteiger partial charge in [-0.05, 0) is 24.3 Å². The summed E-state index contributed by atoms with van der Waals surface area (Å²) >= 11 is 5.50. The van der Waals surface area contributed by atoms with E-state index in [2.05, 4.69) is 0 Å². The molecule has 0 atom stereocenters. The van der Waals surface area contributed by atoms with Gasteiger partial charge in [-0.1, -0.05) is 11.6 Å². The van der Waals surface area contributed by atoms with Gasteiger partial charge in [0.15, 0.2) is 0 Å². The Bertz CT molecular complexity index is 1010. The molecule has 148 valence electrons. The van der Waals surface area contributed by atoms with Crippen LogP contribution in [-0.2, 0) is 4.74 Å². The van der Waals surface area contributed by atoms with Crippen LogP contribution in [0.15, 0.2) is 36.4 Å². The first-order valence-electron chi connectivity index (χ1n) is 8.22. The first kappa shape index (κ1) is 21.6. The fourth-order valence-corrected chi connectivity index (χ4v) is 2.70. The molecular formula is C18H14ClN5O5. The van der Waals surface area contributed by atoms with Crippen LogP contribution in [0.3, 0.4) is 0 Å². The third-order valence-electron chi connectivity index (χ3n) is 3.95. The number of nitro benzene ring substituents is 2. The van der Waals surface area contributed by atoms with Gasteiger partial charge in [0.25, 0.3) is 11.4 Å². The van der Waals surface area contributed by atoms with Crippen molar-refractivity contribution >= 4 is 28.7 Å². The molecule has 0 bridgehead atoms. The van der Waals surface area contributed by atoms with Crippen LogP contribution in [-0.4, -0.2) is 36.1 Å². The van der Waals surface area contributed by atoms with Gasteiger partial charge in [-0.2, -0.15) is 10.5 Å². The molecule has 2 aromatic carbocycles. The van der Waals surface area contributed by atoms with E-state index in [9.17, 15) is 20.2 Å². The van der Waals surface area contributed by atoms with Crippen molar-refractivity contribution in [1.29, 1.82) is 10.5 Å². The first-order chi connectivity index (χ1) is 13.9. The highest BCUT2D eigenvalue weighted by atomic mass is 35.5. The third-order valence-corrected chi connectivity index (χ3v) is 4.19. The number of rotatable bonds is 3. The van der Waals surface area contributed by atoms with E-state index < -0.39 is 9.85 Å². The van der Waals surface area contributed by atoms with Crippen LogP contribution >= 0.6 is 11.6 Å². The van der Waals surface area contributed by atoms with Crippen molar-refractivity contribution in [3.63, 3.8) is 0 Å². The van der Waals surface area contributed by atoms with E-state index in [0.717, 1.165) is 11.8 Å². The Morgan fingerprint density at radius 1 is 0.931 bits per heavy atom. The number of halogens is 1. The summed E-state index contributed by atoms with van der Waals surface area (Å²) in [4.78, 5) is 22.0. The van der Waals surface area contributed by atoms with Gasteiger partial charge in [0, 0.05) is 35.9 Å². The van der Waals surface area contributed by atoms with Crippen LogP contribution in [0, 0.1) is 42.9 Å². The van der Waals surface area contributed by atoms with Crippen LogP contribution in [0.25, 0.3) is 0 Å². The minimum Gasteiger partial charge on any atom is -0.378 e. The molecule has 1 saturated heterocycles. The van der Waals surface area contributed by atoms with E-state index in [1.165, 1.54) is 24.3 Å². The molecule has 0 N–H and O–H groups in total. The molecule has 0 spiro atoms. The highest BCUT2D eigenvalue weighted by Gasteiger charge is 2.18. The summed E-state index contributed by atoms with van der Waals surface area (Å²) in [5.41, 5.74) is 0.469. The zero-order valence-corrected chi connectivity index (χ0v) is 15.7. The first-order valence-corrected chi connectivity index (χ1v) is 8.60. The van der Waals surface area contributed by atoms with Crippen molar-refractivity contribution in [1.82, 2.24) is 0 Å². The van der Waals surface area contributed by atoms with Crippen molar-refractivity contribution in [3.8, 4) is 12.1 Å². The Morgan fingerprint density at radius 2 is 1.45 bits per heavy atom. The Hall–Kier alpha value is -3.73. The lowest BCUT2D eigenvalue weighted by Gasteiger charge is -2.28. The molecule has 3 rings (SSSR count). The van der Waals surface area contributed by atoms with Crippen LogP contribution in [0.2, 0.25) is 5.02 Å². The zero-order chi connectivity index (χ0) is 21.4. The number of hydrogen-bond donors (Lipinski definition) is 0. The highest BCUT2D eigenvalue weighted by molar-refractivity contribution is 6.30. The largest absolute Gasteiger partial charge is 0.378 e. The van der Waals surface area contributed by atoms with E-state index in [-0.39, 0.29) is 27.5 Å². The lowest BCUT2D eigenvalue weighted by atomic mass is 10.1. The minimum absolute atomic E-state index is 0.0180. The fourth-order valence-electron chi connectivity index (χ4n) is 2.53. The second kappa shape index (κ2) is 9.99. The minimum atomic E-state index is -0.634. The number of benzene rings is 2. The lowest BCUT2D eigenvalue weighted by molar-refractivity contribution is -0.385. The zero-order valence-electron chi connectivity index (χ0n) is 14.9. The lowest BCUT2D eigenvalue weighted by Crippen LogP contribution is -2.36. The Balaban J connectivity index is 0.000000221. The summed E-state index contributed by atoms with van der Waals surface area (Å²) < 4.78 is 5.22. The van der Waals surface area contributed by atoms with Crippen LogP contribution < -0.4 is 4.90 Å². The Labute approximate surface area is 170 Å². The van der Waals surface area contributed by atoms with Gasteiger partial charge < -0.3 is 9.64 Å². The standard InChI is InChI=1S/C11H11N3O3.C7H3ClN2O2/c12-8-9-1-2-10(7-11(9)14(15)16)13-3-5-17-6-4-13;8-6-2-1-5(4-9)7(3-6)10(11)12/h1-2,7H,3-6H2;1-3H. The van der Waals surface area contributed by atoms with Gasteiger partial charge in [0.1, 0.15) is 23.3 Å². The summed E-state index contributed by atoms with van der Waals surface area (Å²) in [7, 11) is 0. The average Bonchev–Trinajstić information content (AvgIpc) is 2.74. The van der Waals surface area contributed by atoms with Gasteiger partial charge in [-0.15, -0.1) is 0 Å². The second-order valence-electron chi connectivity index (χ2n) is 5.70. The molecule has 0 unspecified atom stereocenters. The molecular weight excluding hydrogens is 402 g/mol. The number of ether oxygens (including phenoxy) is 1. The summed E-state index contributed by atoms with van der Waals surface area (Å²) in [6.45, 7) is 2.66. The predicted molar refractivity (Wildman–Crippen MR) is 104 cm³/mol. The summed E-state index contributed by atoms with van der Waals surface area (Å²) in [6.07, 6.45) is 0. The summed E-state index contributed by atoms with van der Waals surface area (Å²) in [6, 6.07) is 12.1. The van der Waals surface area contributed by atoms with Crippen LogP contribution in [0.4, 0.5) is 17.1 Å². The van der Waals surface area contributed by atoms with Crippen molar-refractivity contribution in [3.05, 3.63) is 72.8 Å². The number of nitro groups is 2. The number of morpholine rings is 1. The van der Waals surface area contributed by atoms with Crippen LogP contribution in [0.5, 0.6) is 0 Å². The highest BCUT2D eigenvalue weighted by Crippen LogP contribution is 2.25. The average molecular weight is 416 g/mol. The van der Waals surface area contributed by atoms with E-state index in [1.807, 2.05) is 11.0 Å². The quantitative estimate of drug-likeness (QED) is 0.547. The number of anilines is 1. The fraction of sp³-hybridized carbons (Fsp3) is 0.222. The maximum atomic E-state index is 10.8. The molecule has 0 aromatic heterocycles. The maximum absolute atomic E-state index is 10.8. The SMILES string of the molecule is N#Cc1ccc(Cl)cc1[N+](=O)[O-].N#Cc1ccc(N2CCOCC2)cc1[N+](=O)[O-]. The van der Waals surface area contributed by atoms with Crippen molar-refractivity contribution in [2.75, 3.05) is 31.2 Å². The number of nitriles is 2. The molecule has 29 heavy (non-hydrogen) atoms. The maximum Gasteiger partial charge on any atom is 0.289 e. The Kier molecular flexibility index (Phi) is 7.43. The van der Waals surface area contributed by atoms with Gasteiger partial charge in [0.2, 0.25) is 0 Å². The molecule has 11 heteroatoms. The molecule has 0 saturated carbocycles. The summed E-state index contributed by atoms with van der Waals surface area (Å²) in [5.74, 6) is 0. The molecule has 0 amide bonds.